The van der Waals surface area contributed by atoms with Gasteiger partial charge in [-0.1, -0.05) is 6.92 Å². The SMILES string of the molecule is CCC[N+]1(C)CCCCC1.[I-]. The van der Waals surface area contributed by atoms with Gasteiger partial charge in [0.1, 0.15) is 0 Å². The summed E-state index contributed by atoms with van der Waals surface area (Å²) < 4.78 is 1.34. The number of hydrogen-bond acceptors (Lipinski definition) is 0. The predicted molar refractivity (Wildman–Crippen MR) is 44.9 cm³/mol. The van der Waals surface area contributed by atoms with Crippen LogP contribution in [0.4, 0.5) is 0 Å². The van der Waals surface area contributed by atoms with E-state index >= 15 is 0 Å². The number of likely N-dealkylation sites (tertiary alicyclic amines) is 1. The lowest BCUT2D eigenvalue weighted by Gasteiger charge is -2.37. The Balaban J connectivity index is 0.000001000. The predicted octanol–water partition coefficient (Wildman–Crippen LogP) is -0.969. The molecular weight excluding hydrogens is 249 g/mol. The van der Waals surface area contributed by atoms with Gasteiger partial charge in [0.05, 0.1) is 26.7 Å². The molecule has 0 radical (unpaired) electrons. The highest BCUT2D eigenvalue weighted by Gasteiger charge is 2.22. The third-order valence-corrected chi connectivity index (χ3v) is 2.66. The lowest BCUT2D eigenvalue weighted by Crippen LogP contribution is -3.00. The summed E-state index contributed by atoms with van der Waals surface area (Å²) in [7, 11) is 2.41. The molecule has 0 spiro atoms. The summed E-state index contributed by atoms with van der Waals surface area (Å²) in [5, 5.41) is 0. The molecular formula is C9H20IN. The van der Waals surface area contributed by atoms with Crippen LogP contribution in [0.5, 0.6) is 0 Å². The Morgan fingerprint density at radius 2 is 1.64 bits per heavy atom. The average molecular weight is 269 g/mol. The van der Waals surface area contributed by atoms with Crippen LogP contribution in [0.15, 0.2) is 0 Å². The molecule has 0 atom stereocenters. The van der Waals surface area contributed by atoms with Crippen molar-refractivity contribution in [3.05, 3.63) is 0 Å². The number of nitrogens with zero attached hydrogens (tertiary/aromatic N) is 1. The maximum Gasteiger partial charge on any atom is 0.0784 e. The number of quaternary nitrogens is 1. The van der Waals surface area contributed by atoms with Gasteiger partial charge >= 0.3 is 0 Å². The summed E-state index contributed by atoms with van der Waals surface area (Å²) in [5.74, 6) is 0. The van der Waals surface area contributed by atoms with Crippen LogP contribution in [-0.4, -0.2) is 31.2 Å². The Labute approximate surface area is 87.8 Å². The molecule has 0 unspecified atom stereocenters. The van der Waals surface area contributed by atoms with Crippen molar-refractivity contribution in [2.75, 3.05) is 26.7 Å². The Morgan fingerprint density at radius 3 is 2.09 bits per heavy atom. The molecule has 1 aliphatic rings. The Kier molecular flexibility index (Phi) is 5.69. The summed E-state index contributed by atoms with van der Waals surface area (Å²) in [5.41, 5.74) is 0. The number of rotatable bonds is 2. The topological polar surface area (TPSA) is 0 Å². The molecule has 1 fully saturated rings. The third kappa shape index (κ3) is 3.74. The summed E-state index contributed by atoms with van der Waals surface area (Å²) in [6.07, 6.45) is 5.72. The van der Waals surface area contributed by atoms with Crippen LogP contribution >= 0.6 is 0 Å². The molecule has 0 aromatic carbocycles. The average Bonchev–Trinajstić information content (AvgIpc) is 1.89. The summed E-state index contributed by atoms with van der Waals surface area (Å²) >= 11 is 0. The van der Waals surface area contributed by atoms with Gasteiger partial charge in [-0.15, -0.1) is 0 Å². The van der Waals surface area contributed by atoms with Crippen molar-refractivity contribution in [2.45, 2.75) is 32.6 Å². The van der Waals surface area contributed by atoms with Gasteiger partial charge < -0.3 is 28.5 Å². The largest absolute Gasteiger partial charge is 1.00 e. The van der Waals surface area contributed by atoms with Crippen LogP contribution in [0.1, 0.15) is 32.6 Å². The maximum atomic E-state index is 2.41. The molecule has 1 nitrogen and oxygen atoms in total. The molecule has 0 saturated carbocycles. The molecule has 68 valence electrons. The number of halogens is 1. The Bertz CT molecular complexity index is 92.2. The fourth-order valence-electron chi connectivity index (χ4n) is 2.04. The summed E-state index contributed by atoms with van der Waals surface area (Å²) in [6.45, 7) is 6.53. The van der Waals surface area contributed by atoms with Crippen molar-refractivity contribution in [1.82, 2.24) is 0 Å². The molecule has 1 heterocycles. The highest BCUT2D eigenvalue weighted by Crippen LogP contribution is 2.15. The second-order valence-corrected chi connectivity index (χ2v) is 3.85. The van der Waals surface area contributed by atoms with E-state index < -0.39 is 0 Å². The van der Waals surface area contributed by atoms with Crippen LogP contribution in [0.2, 0.25) is 0 Å². The first kappa shape index (κ1) is 11.7. The van der Waals surface area contributed by atoms with Crippen molar-refractivity contribution in [2.24, 2.45) is 0 Å². The van der Waals surface area contributed by atoms with Crippen molar-refractivity contribution in [1.29, 1.82) is 0 Å². The van der Waals surface area contributed by atoms with E-state index in [0.29, 0.717) is 0 Å². The van der Waals surface area contributed by atoms with E-state index in [2.05, 4.69) is 14.0 Å². The minimum atomic E-state index is 0. The molecule has 0 amide bonds. The van der Waals surface area contributed by atoms with Crippen molar-refractivity contribution in [3.8, 4) is 0 Å². The normalized spacial score (nSPS) is 22.4. The second-order valence-electron chi connectivity index (χ2n) is 3.85. The minimum absolute atomic E-state index is 0. The Morgan fingerprint density at radius 1 is 1.09 bits per heavy atom. The van der Waals surface area contributed by atoms with Crippen molar-refractivity contribution >= 4 is 0 Å². The molecule has 0 aromatic heterocycles. The number of piperidine rings is 1. The molecule has 0 N–H and O–H groups in total. The minimum Gasteiger partial charge on any atom is -1.00 e. The fourth-order valence-corrected chi connectivity index (χ4v) is 2.04. The van der Waals surface area contributed by atoms with Crippen LogP contribution in [-0.2, 0) is 0 Å². The molecule has 0 aliphatic carbocycles. The van der Waals surface area contributed by atoms with Crippen LogP contribution in [0.25, 0.3) is 0 Å². The van der Waals surface area contributed by atoms with E-state index in [9.17, 15) is 0 Å². The van der Waals surface area contributed by atoms with Crippen molar-refractivity contribution < 1.29 is 28.5 Å². The second kappa shape index (κ2) is 5.36. The van der Waals surface area contributed by atoms with Gasteiger partial charge in [0.15, 0.2) is 0 Å². The molecule has 1 aliphatic heterocycles. The van der Waals surface area contributed by atoms with Gasteiger partial charge in [-0.3, -0.25) is 0 Å². The van der Waals surface area contributed by atoms with Gasteiger partial charge in [0.2, 0.25) is 0 Å². The van der Waals surface area contributed by atoms with Crippen LogP contribution in [0, 0.1) is 0 Å². The first-order valence-corrected chi connectivity index (χ1v) is 4.60. The van der Waals surface area contributed by atoms with Crippen molar-refractivity contribution in [3.63, 3.8) is 0 Å². The quantitative estimate of drug-likeness (QED) is 0.447. The Hall–Kier alpha value is 0.690. The van der Waals surface area contributed by atoms with E-state index in [-0.39, 0.29) is 24.0 Å². The zero-order chi connectivity index (χ0) is 7.45. The molecule has 1 rings (SSSR count). The van der Waals surface area contributed by atoms with E-state index in [1.165, 1.54) is 49.8 Å². The lowest BCUT2D eigenvalue weighted by atomic mass is 10.1. The molecule has 2 heteroatoms. The smallest absolute Gasteiger partial charge is 0.0784 e. The first-order chi connectivity index (χ1) is 4.77. The van der Waals surface area contributed by atoms with Gasteiger partial charge in [-0.05, 0) is 25.7 Å². The molecule has 1 saturated heterocycles. The summed E-state index contributed by atoms with van der Waals surface area (Å²) in [4.78, 5) is 0. The monoisotopic (exact) mass is 269 g/mol. The van der Waals surface area contributed by atoms with Crippen LogP contribution < -0.4 is 24.0 Å². The zero-order valence-electron chi connectivity index (χ0n) is 7.77. The number of hydrogen-bond donors (Lipinski definition) is 0. The van der Waals surface area contributed by atoms with E-state index in [4.69, 9.17) is 0 Å². The molecule has 0 bridgehead atoms. The third-order valence-electron chi connectivity index (χ3n) is 2.66. The fraction of sp³-hybridized carbons (Fsp3) is 1.00. The zero-order valence-corrected chi connectivity index (χ0v) is 9.93. The van der Waals surface area contributed by atoms with Crippen LogP contribution in [0.3, 0.4) is 0 Å². The highest BCUT2D eigenvalue weighted by atomic mass is 127. The summed E-state index contributed by atoms with van der Waals surface area (Å²) in [6, 6.07) is 0. The van der Waals surface area contributed by atoms with Gasteiger partial charge in [-0.25, -0.2) is 0 Å². The highest BCUT2D eigenvalue weighted by molar-refractivity contribution is 4.50. The van der Waals surface area contributed by atoms with E-state index in [0.717, 1.165) is 0 Å². The first-order valence-electron chi connectivity index (χ1n) is 4.60. The van der Waals surface area contributed by atoms with E-state index in [1.54, 1.807) is 0 Å². The molecule has 0 aromatic rings. The molecule has 11 heavy (non-hydrogen) atoms. The van der Waals surface area contributed by atoms with Gasteiger partial charge in [0, 0.05) is 0 Å². The maximum absolute atomic E-state index is 2.41. The lowest BCUT2D eigenvalue weighted by molar-refractivity contribution is -0.914. The van der Waals surface area contributed by atoms with Gasteiger partial charge in [-0.2, -0.15) is 0 Å². The standard InChI is InChI=1S/C9H20N.HI/c1-3-7-10(2)8-5-4-6-9-10;/h3-9H2,1-2H3;1H/q+1;/p-1. The van der Waals surface area contributed by atoms with Gasteiger partial charge in [0.25, 0.3) is 0 Å². The van der Waals surface area contributed by atoms with E-state index in [1.807, 2.05) is 0 Å².